The standard InChI is InChI=1S/C15H26N2O4/c1-3-15(4-2)5-7-16(8-6-15)14(20)17-9-10-21-11-12(17)13(18)19/h12H,3-11H2,1-2H3,(H,18,19). The van der Waals surface area contributed by atoms with Gasteiger partial charge in [-0.2, -0.15) is 0 Å². The lowest BCUT2D eigenvalue weighted by Crippen LogP contribution is -2.58. The molecule has 2 fully saturated rings. The Morgan fingerprint density at radius 1 is 1.19 bits per heavy atom. The highest BCUT2D eigenvalue weighted by Gasteiger charge is 2.38. The maximum atomic E-state index is 12.6. The zero-order valence-corrected chi connectivity index (χ0v) is 13.0. The molecule has 6 nitrogen and oxygen atoms in total. The minimum absolute atomic E-state index is 0.0861. The SMILES string of the molecule is CCC1(CC)CCN(C(=O)N2CCOCC2C(=O)O)CC1. The van der Waals surface area contributed by atoms with Gasteiger partial charge in [0.05, 0.1) is 13.2 Å². The van der Waals surface area contributed by atoms with Crippen LogP contribution in [0.3, 0.4) is 0 Å². The molecule has 0 saturated carbocycles. The predicted octanol–water partition coefficient (Wildman–Crippen LogP) is 1.79. The topological polar surface area (TPSA) is 70.1 Å². The first kappa shape index (κ1) is 16.1. The smallest absolute Gasteiger partial charge is 0.328 e. The van der Waals surface area contributed by atoms with Crippen LogP contribution in [0.1, 0.15) is 39.5 Å². The second kappa shape index (κ2) is 6.64. The molecule has 2 heterocycles. The van der Waals surface area contributed by atoms with Gasteiger partial charge < -0.3 is 19.6 Å². The van der Waals surface area contributed by atoms with Gasteiger partial charge >= 0.3 is 12.0 Å². The summed E-state index contributed by atoms with van der Waals surface area (Å²) in [5.41, 5.74) is 0.355. The number of morpholine rings is 1. The van der Waals surface area contributed by atoms with E-state index < -0.39 is 12.0 Å². The Hall–Kier alpha value is -1.30. The van der Waals surface area contributed by atoms with Gasteiger partial charge in [-0.15, -0.1) is 0 Å². The van der Waals surface area contributed by atoms with E-state index in [1.54, 1.807) is 0 Å². The molecule has 1 N–H and O–H groups in total. The molecule has 0 aromatic heterocycles. The molecule has 0 aromatic rings. The Kier molecular flexibility index (Phi) is 5.08. The van der Waals surface area contributed by atoms with Crippen LogP contribution >= 0.6 is 0 Å². The molecule has 6 heteroatoms. The van der Waals surface area contributed by atoms with Crippen molar-refractivity contribution in [3.63, 3.8) is 0 Å². The molecule has 1 unspecified atom stereocenters. The van der Waals surface area contributed by atoms with E-state index in [4.69, 9.17) is 4.74 Å². The molecule has 0 bridgehead atoms. The molecule has 1 atom stereocenters. The first-order valence-electron chi connectivity index (χ1n) is 7.89. The third-order valence-corrected chi connectivity index (χ3v) is 5.25. The van der Waals surface area contributed by atoms with Gasteiger partial charge in [-0.25, -0.2) is 9.59 Å². The molecule has 0 aliphatic carbocycles. The Morgan fingerprint density at radius 3 is 2.33 bits per heavy atom. The number of amides is 2. The summed E-state index contributed by atoms with van der Waals surface area (Å²) < 4.78 is 5.19. The number of ether oxygens (including phenoxy) is 1. The first-order valence-corrected chi connectivity index (χ1v) is 7.89. The third kappa shape index (κ3) is 3.31. The van der Waals surface area contributed by atoms with Crippen molar-refractivity contribution in [3.05, 3.63) is 0 Å². The van der Waals surface area contributed by atoms with E-state index in [9.17, 15) is 14.7 Å². The predicted molar refractivity (Wildman–Crippen MR) is 78.2 cm³/mol. The lowest BCUT2D eigenvalue weighted by Gasteiger charge is -2.43. The van der Waals surface area contributed by atoms with Crippen molar-refractivity contribution in [3.8, 4) is 0 Å². The number of hydrogen-bond acceptors (Lipinski definition) is 3. The summed E-state index contributed by atoms with van der Waals surface area (Å²) in [7, 11) is 0. The van der Waals surface area contributed by atoms with E-state index in [1.807, 2.05) is 4.90 Å². The molecule has 0 spiro atoms. The summed E-state index contributed by atoms with van der Waals surface area (Å²) in [6, 6.07) is -0.998. The van der Waals surface area contributed by atoms with Gasteiger partial charge in [-0.05, 0) is 18.3 Å². The highest BCUT2D eigenvalue weighted by atomic mass is 16.5. The van der Waals surface area contributed by atoms with E-state index in [0.717, 1.165) is 38.8 Å². The van der Waals surface area contributed by atoms with Gasteiger partial charge in [0.25, 0.3) is 0 Å². The number of carbonyl (C=O) groups is 2. The Morgan fingerprint density at radius 2 is 1.81 bits per heavy atom. The molecule has 2 saturated heterocycles. The zero-order chi connectivity index (χ0) is 15.5. The summed E-state index contributed by atoms with van der Waals surface area (Å²) in [6.45, 7) is 6.74. The van der Waals surface area contributed by atoms with Gasteiger partial charge in [-0.3, -0.25) is 0 Å². The number of carbonyl (C=O) groups excluding carboxylic acids is 1. The van der Waals surface area contributed by atoms with Crippen LogP contribution in [0.25, 0.3) is 0 Å². The van der Waals surface area contributed by atoms with Crippen LogP contribution in [0.15, 0.2) is 0 Å². The lowest BCUT2D eigenvalue weighted by atomic mass is 9.74. The van der Waals surface area contributed by atoms with Crippen LogP contribution in [0, 0.1) is 5.41 Å². The van der Waals surface area contributed by atoms with Crippen molar-refractivity contribution in [1.82, 2.24) is 9.80 Å². The number of nitrogens with zero attached hydrogens (tertiary/aromatic N) is 2. The second-order valence-electron chi connectivity index (χ2n) is 6.10. The van der Waals surface area contributed by atoms with Crippen LogP contribution in [0.5, 0.6) is 0 Å². The number of rotatable bonds is 3. The molecule has 2 amide bonds. The molecule has 2 rings (SSSR count). The van der Waals surface area contributed by atoms with Gasteiger partial charge in [0.2, 0.25) is 0 Å². The summed E-state index contributed by atoms with van der Waals surface area (Å²) in [6.07, 6.45) is 4.29. The van der Waals surface area contributed by atoms with Crippen molar-refractivity contribution in [1.29, 1.82) is 0 Å². The summed E-state index contributed by atoms with van der Waals surface area (Å²) >= 11 is 0. The maximum absolute atomic E-state index is 12.6. The monoisotopic (exact) mass is 298 g/mol. The first-order chi connectivity index (χ1) is 10.0. The number of carboxylic acid groups (broad SMARTS) is 1. The van der Waals surface area contributed by atoms with Crippen LogP contribution in [-0.2, 0) is 9.53 Å². The van der Waals surface area contributed by atoms with Crippen LogP contribution in [0.4, 0.5) is 4.79 Å². The van der Waals surface area contributed by atoms with Gasteiger partial charge in [0.1, 0.15) is 0 Å². The summed E-state index contributed by atoms with van der Waals surface area (Å²) in [4.78, 5) is 27.1. The molecule has 2 aliphatic heterocycles. The fourth-order valence-electron chi connectivity index (χ4n) is 3.35. The van der Waals surface area contributed by atoms with E-state index in [1.165, 1.54) is 4.90 Å². The van der Waals surface area contributed by atoms with E-state index in [-0.39, 0.29) is 12.6 Å². The fourth-order valence-corrected chi connectivity index (χ4v) is 3.35. The van der Waals surface area contributed by atoms with Crippen molar-refractivity contribution in [2.24, 2.45) is 5.41 Å². The fraction of sp³-hybridized carbons (Fsp3) is 0.867. The molecule has 21 heavy (non-hydrogen) atoms. The minimum Gasteiger partial charge on any atom is -0.480 e. The van der Waals surface area contributed by atoms with E-state index >= 15 is 0 Å². The van der Waals surface area contributed by atoms with E-state index in [0.29, 0.717) is 18.6 Å². The molecular formula is C15H26N2O4. The Balaban J connectivity index is 1.99. The van der Waals surface area contributed by atoms with Crippen LogP contribution < -0.4 is 0 Å². The average Bonchev–Trinajstić information content (AvgIpc) is 2.54. The average molecular weight is 298 g/mol. The lowest BCUT2D eigenvalue weighted by molar-refractivity contribution is -0.147. The van der Waals surface area contributed by atoms with Gasteiger partial charge in [0, 0.05) is 19.6 Å². The van der Waals surface area contributed by atoms with Crippen molar-refractivity contribution in [2.45, 2.75) is 45.6 Å². The molecule has 2 aliphatic rings. The third-order valence-electron chi connectivity index (χ3n) is 5.25. The highest BCUT2D eigenvalue weighted by molar-refractivity contribution is 5.83. The quantitative estimate of drug-likeness (QED) is 0.862. The zero-order valence-electron chi connectivity index (χ0n) is 13.0. The molecule has 120 valence electrons. The van der Waals surface area contributed by atoms with Gasteiger partial charge in [-0.1, -0.05) is 26.7 Å². The number of hydrogen-bond donors (Lipinski definition) is 1. The normalized spacial score (nSPS) is 25.7. The Bertz CT molecular complexity index is 385. The van der Waals surface area contributed by atoms with Crippen molar-refractivity contribution < 1.29 is 19.4 Å². The second-order valence-corrected chi connectivity index (χ2v) is 6.10. The van der Waals surface area contributed by atoms with Crippen molar-refractivity contribution in [2.75, 3.05) is 32.8 Å². The summed E-state index contributed by atoms with van der Waals surface area (Å²) in [5, 5.41) is 9.22. The number of urea groups is 1. The minimum atomic E-state index is -0.989. The summed E-state index contributed by atoms with van der Waals surface area (Å²) in [5.74, 6) is -0.989. The molecule has 0 aromatic carbocycles. The maximum Gasteiger partial charge on any atom is 0.328 e. The van der Waals surface area contributed by atoms with Crippen LogP contribution in [-0.4, -0.2) is 65.8 Å². The number of aliphatic carboxylic acids is 1. The van der Waals surface area contributed by atoms with Crippen molar-refractivity contribution >= 4 is 12.0 Å². The largest absolute Gasteiger partial charge is 0.480 e. The van der Waals surface area contributed by atoms with Crippen LogP contribution in [0.2, 0.25) is 0 Å². The number of piperidine rings is 1. The van der Waals surface area contributed by atoms with Gasteiger partial charge in [0.15, 0.2) is 6.04 Å². The number of carboxylic acids is 1. The number of likely N-dealkylation sites (tertiary alicyclic amines) is 1. The van der Waals surface area contributed by atoms with E-state index in [2.05, 4.69) is 13.8 Å². The Labute approximate surface area is 126 Å². The molecular weight excluding hydrogens is 272 g/mol. The highest BCUT2D eigenvalue weighted by Crippen LogP contribution is 2.38. The molecule has 0 radical (unpaired) electrons.